The third-order valence-electron chi connectivity index (χ3n) is 2.65. The number of alkyl carbamates (subject to hydrolysis) is 1. The SMILES string of the molecule is CON(C)C(=O)[C@H](O)[C@H](CC(C)C)NC(=O)OC(C)(C)C. The van der Waals surface area contributed by atoms with Crippen LogP contribution in [-0.2, 0) is 14.4 Å². The van der Waals surface area contributed by atoms with Crippen molar-refractivity contribution in [1.29, 1.82) is 0 Å². The number of hydrogen-bond acceptors (Lipinski definition) is 5. The molecule has 0 aliphatic heterocycles. The molecule has 0 radical (unpaired) electrons. The van der Waals surface area contributed by atoms with Crippen molar-refractivity contribution in [2.24, 2.45) is 5.92 Å². The van der Waals surface area contributed by atoms with Crippen molar-refractivity contribution in [3.63, 3.8) is 0 Å². The summed E-state index contributed by atoms with van der Waals surface area (Å²) in [7, 11) is 2.72. The molecule has 7 nitrogen and oxygen atoms in total. The van der Waals surface area contributed by atoms with Gasteiger partial charge < -0.3 is 15.2 Å². The van der Waals surface area contributed by atoms with Crippen LogP contribution in [0.25, 0.3) is 0 Å². The van der Waals surface area contributed by atoms with E-state index in [0.717, 1.165) is 5.06 Å². The summed E-state index contributed by atoms with van der Waals surface area (Å²) in [6, 6.07) is -0.745. The van der Waals surface area contributed by atoms with Crippen LogP contribution >= 0.6 is 0 Å². The zero-order chi connectivity index (χ0) is 16.8. The summed E-state index contributed by atoms with van der Waals surface area (Å²) in [6.07, 6.45) is -1.63. The van der Waals surface area contributed by atoms with E-state index in [0.29, 0.717) is 6.42 Å². The maximum Gasteiger partial charge on any atom is 0.407 e. The third-order valence-corrected chi connectivity index (χ3v) is 2.65. The molecular weight excluding hydrogens is 276 g/mol. The van der Waals surface area contributed by atoms with Crippen molar-refractivity contribution in [3.05, 3.63) is 0 Å². The molecule has 0 spiro atoms. The average molecular weight is 304 g/mol. The quantitative estimate of drug-likeness (QED) is 0.722. The number of nitrogens with one attached hydrogen (secondary N) is 1. The van der Waals surface area contributed by atoms with E-state index in [1.807, 2.05) is 13.8 Å². The van der Waals surface area contributed by atoms with E-state index in [1.165, 1.54) is 14.2 Å². The van der Waals surface area contributed by atoms with Crippen molar-refractivity contribution in [3.8, 4) is 0 Å². The molecule has 0 aliphatic rings. The van der Waals surface area contributed by atoms with Gasteiger partial charge in [0, 0.05) is 7.05 Å². The smallest absolute Gasteiger partial charge is 0.407 e. The molecule has 0 rings (SSSR count). The first kappa shape index (κ1) is 19.7. The van der Waals surface area contributed by atoms with Gasteiger partial charge in [0.25, 0.3) is 5.91 Å². The van der Waals surface area contributed by atoms with Crippen LogP contribution in [0.2, 0.25) is 0 Å². The first-order valence-electron chi connectivity index (χ1n) is 6.97. The number of carbonyl (C=O) groups is 2. The number of hydroxylamine groups is 2. The van der Waals surface area contributed by atoms with Crippen molar-refractivity contribution >= 4 is 12.0 Å². The van der Waals surface area contributed by atoms with Crippen LogP contribution in [0.1, 0.15) is 41.0 Å². The molecule has 0 heterocycles. The minimum Gasteiger partial charge on any atom is -0.444 e. The largest absolute Gasteiger partial charge is 0.444 e. The summed E-state index contributed by atoms with van der Waals surface area (Å²) < 4.78 is 5.15. The van der Waals surface area contributed by atoms with Crippen molar-refractivity contribution in [2.45, 2.75) is 58.8 Å². The predicted octanol–water partition coefficient (Wildman–Crippen LogP) is 1.31. The molecule has 0 aromatic heterocycles. The summed E-state index contributed by atoms with van der Waals surface area (Å²) in [5, 5.41) is 13.6. The van der Waals surface area contributed by atoms with Gasteiger partial charge in [-0.1, -0.05) is 13.8 Å². The van der Waals surface area contributed by atoms with Gasteiger partial charge in [-0.05, 0) is 33.1 Å². The molecule has 2 amide bonds. The van der Waals surface area contributed by atoms with Crippen LogP contribution in [0.3, 0.4) is 0 Å². The fourth-order valence-corrected chi connectivity index (χ4v) is 1.68. The zero-order valence-corrected chi connectivity index (χ0v) is 14.0. The highest BCUT2D eigenvalue weighted by Crippen LogP contribution is 2.13. The van der Waals surface area contributed by atoms with E-state index < -0.39 is 29.7 Å². The van der Waals surface area contributed by atoms with Crippen LogP contribution in [0.4, 0.5) is 4.79 Å². The maximum atomic E-state index is 11.9. The van der Waals surface area contributed by atoms with E-state index in [2.05, 4.69) is 5.32 Å². The first-order chi connectivity index (χ1) is 9.47. The molecule has 0 saturated carbocycles. The monoisotopic (exact) mass is 304 g/mol. The highest BCUT2D eigenvalue weighted by Gasteiger charge is 2.31. The van der Waals surface area contributed by atoms with Crippen LogP contribution in [0.15, 0.2) is 0 Å². The summed E-state index contributed by atoms with van der Waals surface area (Å²) in [5.41, 5.74) is -0.648. The van der Waals surface area contributed by atoms with Gasteiger partial charge in [-0.15, -0.1) is 0 Å². The minimum absolute atomic E-state index is 0.181. The first-order valence-corrected chi connectivity index (χ1v) is 6.97. The molecular formula is C14H28N2O5. The Morgan fingerprint density at radius 2 is 1.81 bits per heavy atom. The Kier molecular flexibility index (Phi) is 7.67. The number of likely N-dealkylation sites (N-methyl/N-ethyl adjacent to an activating group) is 1. The molecule has 0 aromatic carbocycles. The van der Waals surface area contributed by atoms with E-state index in [-0.39, 0.29) is 5.92 Å². The standard InChI is InChI=1S/C14H28N2O5/c1-9(2)8-10(11(17)12(18)16(6)20-7)15-13(19)21-14(3,4)5/h9-11,17H,8H2,1-7H3,(H,15,19)/t10-,11+/m0/s1. The fourth-order valence-electron chi connectivity index (χ4n) is 1.68. The molecule has 7 heteroatoms. The van der Waals surface area contributed by atoms with Crippen LogP contribution in [-0.4, -0.2) is 54.1 Å². The number of aliphatic hydroxyl groups is 1. The van der Waals surface area contributed by atoms with Gasteiger partial charge in [0.2, 0.25) is 0 Å². The predicted molar refractivity (Wildman–Crippen MR) is 78.4 cm³/mol. The third kappa shape index (κ3) is 7.87. The number of aliphatic hydroxyl groups excluding tert-OH is 1. The molecule has 124 valence electrons. The number of ether oxygens (including phenoxy) is 1. The lowest BCUT2D eigenvalue weighted by Gasteiger charge is -2.28. The van der Waals surface area contributed by atoms with Crippen LogP contribution in [0.5, 0.6) is 0 Å². The van der Waals surface area contributed by atoms with Crippen molar-refractivity contribution in [2.75, 3.05) is 14.2 Å². The minimum atomic E-state index is -1.40. The Hall–Kier alpha value is -1.34. The zero-order valence-electron chi connectivity index (χ0n) is 14.0. The summed E-state index contributed by atoms with van der Waals surface area (Å²) >= 11 is 0. The van der Waals surface area contributed by atoms with Gasteiger partial charge in [-0.3, -0.25) is 9.63 Å². The number of hydrogen-bond donors (Lipinski definition) is 2. The number of nitrogens with zero attached hydrogens (tertiary/aromatic N) is 1. The molecule has 0 saturated heterocycles. The topological polar surface area (TPSA) is 88.1 Å². The normalized spacial score (nSPS) is 14.5. The summed E-state index contributed by atoms with van der Waals surface area (Å²) in [6.45, 7) is 9.08. The second kappa shape index (κ2) is 8.19. The maximum absolute atomic E-state index is 11.9. The second-order valence-electron chi connectivity index (χ2n) is 6.35. The highest BCUT2D eigenvalue weighted by molar-refractivity contribution is 5.81. The number of amides is 2. The van der Waals surface area contributed by atoms with Gasteiger partial charge in [0.15, 0.2) is 6.10 Å². The Bertz CT molecular complexity index is 352. The molecule has 21 heavy (non-hydrogen) atoms. The lowest BCUT2D eigenvalue weighted by Crippen LogP contribution is -2.52. The highest BCUT2D eigenvalue weighted by atomic mass is 16.7. The van der Waals surface area contributed by atoms with Crippen LogP contribution in [0, 0.1) is 5.92 Å². The molecule has 0 fully saturated rings. The molecule has 0 aliphatic carbocycles. The Balaban J connectivity index is 4.87. The molecule has 2 N–H and O–H groups in total. The van der Waals surface area contributed by atoms with Gasteiger partial charge in [-0.2, -0.15) is 0 Å². The van der Waals surface area contributed by atoms with Gasteiger partial charge in [-0.25, -0.2) is 9.86 Å². The van der Waals surface area contributed by atoms with E-state index in [9.17, 15) is 14.7 Å². The Labute approximate surface area is 126 Å². The number of rotatable bonds is 6. The van der Waals surface area contributed by atoms with E-state index in [1.54, 1.807) is 20.8 Å². The lowest BCUT2D eigenvalue weighted by molar-refractivity contribution is -0.179. The second-order valence-corrected chi connectivity index (χ2v) is 6.35. The Morgan fingerprint density at radius 1 is 1.29 bits per heavy atom. The lowest BCUT2D eigenvalue weighted by atomic mass is 9.99. The van der Waals surface area contributed by atoms with Gasteiger partial charge in [0.05, 0.1) is 13.2 Å². The van der Waals surface area contributed by atoms with Crippen molar-refractivity contribution in [1.82, 2.24) is 10.4 Å². The Morgan fingerprint density at radius 3 is 2.19 bits per heavy atom. The summed E-state index contributed by atoms with van der Waals surface area (Å²) in [4.78, 5) is 28.5. The average Bonchev–Trinajstić information content (AvgIpc) is 2.32. The molecule has 2 atom stereocenters. The number of carbonyl (C=O) groups excluding carboxylic acids is 2. The van der Waals surface area contributed by atoms with Crippen molar-refractivity contribution < 1.29 is 24.3 Å². The fraction of sp³-hybridized carbons (Fsp3) is 0.857. The van der Waals surface area contributed by atoms with Gasteiger partial charge in [0.1, 0.15) is 5.60 Å². The van der Waals surface area contributed by atoms with E-state index >= 15 is 0 Å². The molecule has 0 aromatic rings. The summed E-state index contributed by atoms with van der Waals surface area (Å²) in [5.74, 6) is -0.445. The van der Waals surface area contributed by atoms with Gasteiger partial charge >= 0.3 is 6.09 Å². The van der Waals surface area contributed by atoms with E-state index in [4.69, 9.17) is 9.57 Å². The molecule has 0 bridgehead atoms. The van der Waals surface area contributed by atoms with Crippen LogP contribution < -0.4 is 5.32 Å². The molecule has 0 unspecified atom stereocenters.